The fraction of sp³-hybridized carbons (Fsp3) is 0.0500. The lowest BCUT2D eigenvalue weighted by Gasteiger charge is -2.01. The normalized spacial score (nSPS) is 11.0. The van der Waals surface area contributed by atoms with Gasteiger partial charge in [-0.2, -0.15) is 0 Å². The second-order valence-electron chi connectivity index (χ2n) is 5.25. The largest absolute Gasteiger partial charge is 0.497 e. The fourth-order valence-corrected chi connectivity index (χ4v) is 2.79. The third-order valence-electron chi connectivity index (χ3n) is 3.60. The van der Waals surface area contributed by atoms with E-state index >= 15 is 0 Å². The maximum absolute atomic E-state index is 12.2. The average Bonchev–Trinajstić information content (AvgIpc) is 3.08. The molecule has 0 N–H and O–H groups in total. The second kappa shape index (κ2) is 7.60. The van der Waals surface area contributed by atoms with E-state index in [1.54, 1.807) is 67.8 Å². The van der Waals surface area contributed by atoms with Crippen molar-refractivity contribution in [2.24, 2.45) is 0 Å². The molecule has 1 aromatic heterocycles. The molecular weight excluding hydrogens is 359 g/mol. The van der Waals surface area contributed by atoms with Crippen molar-refractivity contribution >= 4 is 35.1 Å². The van der Waals surface area contributed by atoms with Gasteiger partial charge < -0.3 is 9.15 Å². The predicted molar refractivity (Wildman–Crippen MR) is 101 cm³/mol. The van der Waals surface area contributed by atoms with E-state index in [-0.39, 0.29) is 5.78 Å². The maximum Gasteiger partial charge on any atom is 0.185 e. The van der Waals surface area contributed by atoms with Crippen molar-refractivity contribution in [3.63, 3.8) is 0 Å². The summed E-state index contributed by atoms with van der Waals surface area (Å²) < 4.78 is 10.8. The molecule has 0 radical (unpaired) electrons. The van der Waals surface area contributed by atoms with Gasteiger partial charge >= 0.3 is 0 Å². The molecule has 0 aliphatic rings. The highest BCUT2D eigenvalue weighted by Crippen LogP contribution is 2.31. The quantitative estimate of drug-likeness (QED) is 0.397. The number of methoxy groups -OCH3 is 1. The van der Waals surface area contributed by atoms with Crippen molar-refractivity contribution in [1.82, 2.24) is 0 Å². The molecule has 2 aromatic carbocycles. The number of hydrogen-bond donors (Lipinski definition) is 0. The van der Waals surface area contributed by atoms with Crippen LogP contribution in [0.2, 0.25) is 10.0 Å². The zero-order chi connectivity index (χ0) is 17.8. The molecule has 25 heavy (non-hydrogen) atoms. The van der Waals surface area contributed by atoms with E-state index in [1.807, 2.05) is 0 Å². The van der Waals surface area contributed by atoms with Crippen LogP contribution in [0.25, 0.3) is 17.4 Å². The number of ether oxygens (including phenoxy) is 1. The highest BCUT2D eigenvalue weighted by atomic mass is 35.5. The van der Waals surface area contributed by atoms with Crippen LogP contribution in [0.5, 0.6) is 5.75 Å². The van der Waals surface area contributed by atoms with Crippen LogP contribution in [-0.2, 0) is 0 Å². The van der Waals surface area contributed by atoms with Gasteiger partial charge in [0.15, 0.2) is 5.78 Å². The Hall–Kier alpha value is -2.49. The van der Waals surface area contributed by atoms with Gasteiger partial charge in [-0.25, -0.2) is 0 Å². The average molecular weight is 373 g/mol. The van der Waals surface area contributed by atoms with Gasteiger partial charge in [0, 0.05) is 16.1 Å². The minimum atomic E-state index is -0.120. The van der Waals surface area contributed by atoms with Crippen LogP contribution in [-0.4, -0.2) is 12.9 Å². The monoisotopic (exact) mass is 372 g/mol. The van der Waals surface area contributed by atoms with Crippen molar-refractivity contribution in [2.45, 2.75) is 0 Å². The minimum Gasteiger partial charge on any atom is -0.497 e. The van der Waals surface area contributed by atoms with Gasteiger partial charge in [-0.3, -0.25) is 4.79 Å². The predicted octanol–water partition coefficient (Wildman–Crippen LogP) is 6.16. The first kappa shape index (κ1) is 17.3. The Bertz CT molecular complexity index is 924. The third-order valence-corrected chi connectivity index (χ3v) is 4.14. The standard InChI is InChI=1S/C20H14Cl2O3/c1-24-15-5-2-13(3-6-15)19(23)10-7-16-8-11-20(25-16)17-9-4-14(21)12-18(17)22/h2-12H,1H3/b10-7+. The number of halogens is 2. The molecule has 3 nitrogen and oxygen atoms in total. The van der Waals surface area contributed by atoms with Crippen LogP contribution in [0.1, 0.15) is 16.1 Å². The van der Waals surface area contributed by atoms with Crippen LogP contribution in [0, 0.1) is 0 Å². The summed E-state index contributed by atoms with van der Waals surface area (Å²) in [6, 6.07) is 15.7. The molecule has 0 saturated carbocycles. The summed E-state index contributed by atoms with van der Waals surface area (Å²) in [6.45, 7) is 0. The lowest BCUT2D eigenvalue weighted by Crippen LogP contribution is -1.93. The van der Waals surface area contributed by atoms with E-state index in [2.05, 4.69) is 0 Å². The van der Waals surface area contributed by atoms with Crippen LogP contribution < -0.4 is 4.74 Å². The Morgan fingerprint density at radius 2 is 1.80 bits per heavy atom. The van der Waals surface area contributed by atoms with E-state index in [0.29, 0.717) is 32.9 Å². The summed E-state index contributed by atoms with van der Waals surface area (Å²) in [7, 11) is 1.58. The maximum atomic E-state index is 12.2. The van der Waals surface area contributed by atoms with Crippen molar-refractivity contribution in [3.05, 3.63) is 82.0 Å². The summed E-state index contributed by atoms with van der Waals surface area (Å²) in [4.78, 5) is 12.2. The van der Waals surface area contributed by atoms with Crippen LogP contribution in [0.15, 0.2) is 65.1 Å². The molecule has 3 rings (SSSR count). The van der Waals surface area contributed by atoms with E-state index in [4.69, 9.17) is 32.4 Å². The molecule has 0 atom stereocenters. The highest BCUT2D eigenvalue weighted by molar-refractivity contribution is 6.36. The van der Waals surface area contributed by atoms with Gasteiger partial charge in [0.2, 0.25) is 0 Å². The minimum absolute atomic E-state index is 0.120. The number of furan rings is 1. The van der Waals surface area contributed by atoms with Gasteiger partial charge in [0.1, 0.15) is 17.3 Å². The van der Waals surface area contributed by atoms with E-state index < -0.39 is 0 Å². The number of carbonyl (C=O) groups is 1. The molecule has 0 aliphatic carbocycles. The summed E-state index contributed by atoms with van der Waals surface area (Å²) in [5.41, 5.74) is 1.32. The van der Waals surface area contributed by atoms with E-state index in [1.165, 1.54) is 6.08 Å². The van der Waals surface area contributed by atoms with Gasteiger partial charge in [0.05, 0.1) is 12.1 Å². The number of carbonyl (C=O) groups excluding carboxylic acids is 1. The molecule has 0 unspecified atom stereocenters. The van der Waals surface area contributed by atoms with E-state index in [0.717, 1.165) is 5.56 Å². The highest BCUT2D eigenvalue weighted by Gasteiger charge is 2.09. The van der Waals surface area contributed by atoms with Crippen LogP contribution in [0.3, 0.4) is 0 Å². The summed E-state index contributed by atoms with van der Waals surface area (Å²) in [6.07, 6.45) is 3.09. The number of hydrogen-bond acceptors (Lipinski definition) is 3. The second-order valence-corrected chi connectivity index (χ2v) is 6.10. The van der Waals surface area contributed by atoms with Gasteiger partial charge in [0.25, 0.3) is 0 Å². The molecule has 0 saturated heterocycles. The van der Waals surface area contributed by atoms with Crippen molar-refractivity contribution < 1.29 is 13.9 Å². The molecule has 0 bridgehead atoms. The smallest absolute Gasteiger partial charge is 0.185 e. The van der Waals surface area contributed by atoms with Gasteiger partial charge in [-0.1, -0.05) is 23.2 Å². The third kappa shape index (κ3) is 4.13. The Kier molecular flexibility index (Phi) is 5.27. The number of rotatable bonds is 5. The summed E-state index contributed by atoms with van der Waals surface area (Å²) in [5.74, 6) is 1.75. The molecule has 0 fully saturated rings. The number of benzene rings is 2. The van der Waals surface area contributed by atoms with Crippen molar-refractivity contribution in [3.8, 4) is 17.1 Å². The molecule has 126 valence electrons. The first-order chi connectivity index (χ1) is 12.1. The molecule has 0 aliphatic heterocycles. The Morgan fingerprint density at radius 1 is 1.04 bits per heavy atom. The van der Waals surface area contributed by atoms with Crippen LogP contribution >= 0.6 is 23.2 Å². The summed E-state index contributed by atoms with van der Waals surface area (Å²) in [5, 5.41) is 1.07. The van der Waals surface area contributed by atoms with Crippen molar-refractivity contribution in [2.75, 3.05) is 7.11 Å². The number of allylic oxidation sites excluding steroid dienone is 1. The zero-order valence-electron chi connectivity index (χ0n) is 13.3. The fourth-order valence-electron chi connectivity index (χ4n) is 2.29. The first-order valence-electron chi connectivity index (χ1n) is 7.48. The Labute approximate surface area is 155 Å². The van der Waals surface area contributed by atoms with Gasteiger partial charge in [-0.15, -0.1) is 0 Å². The molecular formula is C20H14Cl2O3. The van der Waals surface area contributed by atoms with E-state index in [9.17, 15) is 4.79 Å². The molecule has 1 heterocycles. The van der Waals surface area contributed by atoms with Crippen molar-refractivity contribution in [1.29, 1.82) is 0 Å². The first-order valence-corrected chi connectivity index (χ1v) is 8.24. The van der Waals surface area contributed by atoms with Crippen LogP contribution in [0.4, 0.5) is 0 Å². The Balaban J connectivity index is 1.76. The van der Waals surface area contributed by atoms with Gasteiger partial charge in [-0.05, 0) is 66.7 Å². The zero-order valence-corrected chi connectivity index (χ0v) is 14.8. The lowest BCUT2D eigenvalue weighted by atomic mass is 10.1. The topological polar surface area (TPSA) is 39.4 Å². The number of ketones is 1. The summed E-state index contributed by atoms with van der Waals surface area (Å²) >= 11 is 12.1. The SMILES string of the molecule is COc1ccc(C(=O)/C=C/c2ccc(-c3ccc(Cl)cc3Cl)o2)cc1. The lowest BCUT2D eigenvalue weighted by molar-refractivity contribution is 0.104. The molecule has 0 spiro atoms. The Morgan fingerprint density at radius 3 is 2.48 bits per heavy atom. The molecule has 3 aromatic rings. The molecule has 0 amide bonds. The molecule has 5 heteroatoms.